The molecule has 1 aliphatic heterocycles. The van der Waals surface area contributed by atoms with Gasteiger partial charge in [-0.3, -0.25) is 0 Å². The number of carbonyl (C=O) groups is 2. The highest BCUT2D eigenvalue weighted by Gasteiger charge is 2.22. The molecule has 3 heterocycles. The standard InChI is InChI=1S/C23H25NOS2.C2H2O4/c25-22(18-4-2-1-3-5-18)8-13-24-11-6-19(7-12-24)23(20-9-14-26-16-20)21-10-15-27-17-21;3-1(4)2(5)6/h1-5,9-10,14-17,22,25H,6-8,11-13H2;(H,3,4)(H,5,6). The van der Waals surface area contributed by atoms with E-state index in [2.05, 4.69) is 33.7 Å². The number of nitrogens with one attached hydrogen (secondary N) is 1. The minimum Gasteiger partial charge on any atom is -0.539 e. The van der Waals surface area contributed by atoms with Crippen LogP contribution in [0.3, 0.4) is 0 Å². The number of carboxylic acids is 2. The highest BCUT2D eigenvalue weighted by Crippen LogP contribution is 2.32. The van der Waals surface area contributed by atoms with Crippen LogP contribution < -0.4 is 10.0 Å². The summed E-state index contributed by atoms with van der Waals surface area (Å²) in [5.74, 6) is -4.01. The number of aliphatic carboxylic acids is 2. The normalized spacial score (nSPS) is 16.4. The molecule has 174 valence electrons. The van der Waals surface area contributed by atoms with Gasteiger partial charge in [-0.1, -0.05) is 35.9 Å². The first-order chi connectivity index (χ1) is 16.0. The maximum atomic E-state index is 10.4. The van der Waals surface area contributed by atoms with Crippen LogP contribution in [-0.2, 0) is 9.59 Å². The fraction of sp³-hybridized carbons (Fsp3) is 0.280. The Balaban J connectivity index is 0.000000454. The monoisotopic (exact) mass is 485 g/mol. The lowest BCUT2D eigenvalue weighted by molar-refractivity contribution is -0.903. The third kappa shape index (κ3) is 7.36. The lowest BCUT2D eigenvalue weighted by Crippen LogP contribution is -3.12. The molecule has 0 radical (unpaired) electrons. The minimum absolute atomic E-state index is 0.345. The van der Waals surface area contributed by atoms with Crippen molar-refractivity contribution in [3.8, 4) is 0 Å². The second-order valence-electron chi connectivity index (χ2n) is 7.81. The summed E-state index contributed by atoms with van der Waals surface area (Å²) in [6.45, 7) is 3.36. The predicted octanol–water partition coefficient (Wildman–Crippen LogP) is 2.23. The van der Waals surface area contributed by atoms with Gasteiger partial charge in [0.15, 0.2) is 5.97 Å². The minimum atomic E-state index is -2.07. The lowest BCUT2D eigenvalue weighted by atomic mass is 9.91. The van der Waals surface area contributed by atoms with E-state index in [-0.39, 0.29) is 6.10 Å². The van der Waals surface area contributed by atoms with Gasteiger partial charge in [0.2, 0.25) is 0 Å². The molecule has 2 aromatic heterocycles. The van der Waals surface area contributed by atoms with Crippen molar-refractivity contribution in [2.45, 2.75) is 25.4 Å². The number of quaternary nitrogens is 1. The summed E-state index contributed by atoms with van der Waals surface area (Å²) in [4.78, 5) is 19.6. The number of piperidine rings is 1. The fourth-order valence-corrected chi connectivity index (χ4v) is 5.27. The molecular formula is C25H27NO5S2. The van der Waals surface area contributed by atoms with Crippen molar-refractivity contribution in [2.75, 3.05) is 19.6 Å². The van der Waals surface area contributed by atoms with Crippen LogP contribution in [0, 0.1) is 0 Å². The number of likely N-dealkylation sites (tertiary alicyclic amines) is 1. The van der Waals surface area contributed by atoms with E-state index in [0.717, 1.165) is 44.5 Å². The topological polar surface area (TPSA) is 102 Å². The van der Waals surface area contributed by atoms with Crippen LogP contribution in [0.15, 0.2) is 69.6 Å². The van der Waals surface area contributed by atoms with E-state index in [0.29, 0.717) is 0 Å². The molecule has 4 rings (SSSR count). The highest BCUT2D eigenvalue weighted by atomic mass is 32.1. The molecule has 6 nitrogen and oxygen atoms in total. The molecule has 33 heavy (non-hydrogen) atoms. The number of hydrogen-bond acceptors (Lipinski definition) is 6. The van der Waals surface area contributed by atoms with Crippen molar-refractivity contribution in [3.05, 3.63) is 86.2 Å². The molecule has 3 aromatic rings. The van der Waals surface area contributed by atoms with E-state index >= 15 is 0 Å². The van der Waals surface area contributed by atoms with Crippen LogP contribution >= 0.6 is 22.7 Å². The van der Waals surface area contributed by atoms with Crippen LogP contribution in [-0.4, -0.2) is 41.8 Å². The van der Waals surface area contributed by atoms with Crippen molar-refractivity contribution in [3.63, 3.8) is 0 Å². The molecule has 1 unspecified atom stereocenters. The average Bonchev–Trinajstić information content (AvgIpc) is 3.55. The number of benzene rings is 1. The SMILES string of the molecule is O=C([O-])C(=O)O.OC(CC[NH+]1CCC(=C(c2ccsc2)c2ccsc2)CC1)c1ccccc1. The van der Waals surface area contributed by atoms with Gasteiger partial charge in [-0.2, -0.15) is 22.7 Å². The van der Waals surface area contributed by atoms with Gasteiger partial charge in [-0.25, -0.2) is 4.79 Å². The van der Waals surface area contributed by atoms with E-state index in [1.807, 2.05) is 30.3 Å². The molecule has 1 fully saturated rings. The molecule has 0 bridgehead atoms. The van der Waals surface area contributed by atoms with E-state index < -0.39 is 11.9 Å². The Bertz CT molecular complexity index is 988. The molecule has 0 aliphatic carbocycles. The molecule has 3 N–H and O–H groups in total. The molecule has 0 saturated carbocycles. The number of hydrogen-bond donors (Lipinski definition) is 3. The zero-order valence-electron chi connectivity index (χ0n) is 18.1. The second kappa shape index (κ2) is 12.5. The van der Waals surface area contributed by atoms with Gasteiger partial charge in [0.05, 0.1) is 25.7 Å². The number of aliphatic hydroxyl groups is 1. The van der Waals surface area contributed by atoms with E-state index in [1.165, 1.54) is 16.7 Å². The molecule has 1 atom stereocenters. The molecule has 0 spiro atoms. The number of carbonyl (C=O) groups excluding carboxylic acids is 1. The van der Waals surface area contributed by atoms with Crippen molar-refractivity contribution < 1.29 is 29.8 Å². The van der Waals surface area contributed by atoms with Crippen LogP contribution in [0.5, 0.6) is 0 Å². The van der Waals surface area contributed by atoms with Crippen molar-refractivity contribution in [2.24, 2.45) is 0 Å². The Morgan fingerprint density at radius 2 is 1.52 bits per heavy atom. The van der Waals surface area contributed by atoms with Crippen molar-refractivity contribution in [1.82, 2.24) is 0 Å². The average molecular weight is 486 g/mol. The number of thiophene rings is 2. The molecular weight excluding hydrogens is 458 g/mol. The zero-order valence-corrected chi connectivity index (χ0v) is 19.7. The summed E-state index contributed by atoms with van der Waals surface area (Å²) in [7, 11) is 0. The zero-order chi connectivity index (χ0) is 23.6. The molecule has 1 aliphatic rings. The van der Waals surface area contributed by atoms with Crippen molar-refractivity contribution in [1.29, 1.82) is 0 Å². The summed E-state index contributed by atoms with van der Waals surface area (Å²) in [5, 5.41) is 35.6. The van der Waals surface area contributed by atoms with E-state index in [9.17, 15) is 5.11 Å². The quantitative estimate of drug-likeness (QED) is 0.465. The summed E-state index contributed by atoms with van der Waals surface area (Å²) in [5.41, 5.74) is 6.83. The maximum Gasteiger partial charge on any atom is 0.351 e. The predicted molar refractivity (Wildman–Crippen MR) is 128 cm³/mol. The Kier molecular flexibility index (Phi) is 9.38. The largest absolute Gasteiger partial charge is 0.539 e. The maximum absolute atomic E-state index is 10.4. The van der Waals surface area contributed by atoms with E-state index in [4.69, 9.17) is 19.8 Å². The van der Waals surface area contributed by atoms with Gasteiger partial charge in [0.25, 0.3) is 0 Å². The summed E-state index contributed by atoms with van der Waals surface area (Å²) in [6.07, 6.45) is 2.79. The Labute approximate surface area is 201 Å². The van der Waals surface area contributed by atoms with Crippen LogP contribution in [0.4, 0.5) is 0 Å². The number of rotatable bonds is 6. The first-order valence-corrected chi connectivity index (χ1v) is 12.6. The molecule has 1 saturated heterocycles. The van der Waals surface area contributed by atoms with Crippen LogP contribution in [0.1, 0.15) is 42.1 Å². The number of carboxylic acid groups (broad SMARTS) is 2. The molecule has 0 amide bonds. The van der Waals surface area contributed by atoms with Gasteiger partial charge >= 0.3 is 5.97 Å². The first-order valence-electron chi connectivity index (χ1n) is 10.7. The Hall–Kier alpha value is -2.78. The van der Waals surface area contributed by atoms with Gasteiger partial charge in [-0.15, -0.1) is 0 Å². The van der Waals surface area contributed by atoms with Gasteiger partial charge < -0.3 is 25.0 Å². The van der Waals surface area contributed by atoms with Crippen LogP contribution in [0.2, 0.25) is 0 Å². The van der Waals surface area contributed by atoms with Crippen molar-refractivity contribution >= 4 is 40.2 Å². The van der Waals surface area contributed by atoms with Crippen LogP contribution in [0.25, 0.3) is 5.57 Å². The summed E-state index contributed by atoms with van der Waals surface area (Å²) < 4.78 is 0. The molecule has 8 heteroatoms. The lowest BCUT2D eigenvalue weighted by Gasteiger charge is -2.28. The number of aliphatic hydroxyl groups excluding tert-OH is 1. The van der Waals surface area contributed by atoms with E-state index in [1.54, 1.807) is 33.1 Å². The molecule has 1 aromatic carbocycles. The third-order valence-corrected chi connectivity index (χ3v) is 7.03. The first kappa shape index (κ1) is 24.9. The second-order valence-corrected chi connectivity index (χ2v) is 9.37. The van der Waals surface area contributed by atoms with Gasteiger partial charge in [-0.05, 0) is 55.9 Å². The van der Waals surface area contributed by atoms with Gasteiger partial charge in [0.1, 0.15) is 0 Å². The van der Waals surface area contributed by atoms with Gasteiger partial charge in [0, 0.05) is 19.3 Å². The summed E-state index contributed by atoms with van der Waals surface area (Å²) >= 11 is 3.55. The fourth-order valence-electron chi connectivity index (χ4n) is 3.98. The smallest absolute Gasteiger partial charge is 0.351 e. The Morgan fingerprint density at radius 3 is 1.97 bits per heavy atom. The highest BCUT2D eigenvalue weighted by molar-refractivity contribution is 7.08. The third-order valence-electron chi connectivity index (χ3n) is 5.66. The summed E-state index contributed by atoms with van der Waals surface area (Å²) in [6, 6.07) is 14.5. The Morgan fingerprint density at radius 1 is 0.970 bits per heavy atom.